The summed E-state index contributed by atoms with van der Waals surface area (Å²) in [4.78, 5) is 12.7. The minimum absolute atomic E-state index is 0.0439. The maximum Gasteiger partial charge on any atom is 0.246 e. The molecule has 0 radical (unpaired) electrons. The Morgan fingerprint density at radius 1 is 1.00 bits per heavy atom. The maximum atomic E-state index is 12.7. The van der Waals surface area contributed by atoms with E-state index in [4.69, 9.17) is 35.4 Å². The molecule has 3 aromatic carbocycles. The van der Waals surface area contributed by atoms with E-state index in [0.717, 1.165) is 16.8 Å². The molecule has 1 heterocycles. The first-order valence-electron chi connectivity index (χ1n) is 9.49. The van der Waals surface area contributed by atoms with Crippen LogP contribution in [-0.4, -0.2) is 20.3 Å². The molecule has 5 nitrogen and oxygen atoms in total. The molecule has 4 rings (SSSR count). The van der Waals surface area contributed by atoms with Crippen molar-refractivity contribution in [2.45, 2.75) is 13.5 Å². The summed E-state index contributed by atoms with van der Waals surface area (Å²) in [6.45, 7) is 1.97. The molecule has 0 fully saturated rings. The van der Waals surface area contributed by atoms with Crippen LogP contribution in [0.2, 0.25) is 10.0 Å². The van der Waals surface area contributed by atoms with Gasteiger partial charge in [0.2, 0.25) is 10.7 Å². The topological polar surface area (TPSA) is 51.9 Å². The number of aryl methyl sites for hydroxylation is 1. The average Bonchev–Trinajstić information content (AvgIpc) is 3.07. The normalized spacial score (nSPS) is 10.8. The van der Waals surface area contributed by atoms with Crippen LogP contribution in [0, 0.1) is 11.7 Å². The number of hydrogen-bond donors (Lipinski definition) is 1. The predicted molar refractivity (Wildman–Crippen MR) is 128 cm³/mol. The highest BCUT2D eigenvalue weighted by Gasteiger charge is 2.16. The minimum Gasteiger partial charge on any atom is -0.324 e. The van der Waals surface area contributed by atoms with Gasteiger partial charge < -0.3 is 5.32 Å². The van der Waals surface area contributed by atoms with Gasteiger partial charge in [0.25, 0.3) is 0 Å². The lowest BCUT2D eigenvalue weighted by molar-refractivity contribution is -0.116. The zero-order valence-corrected chi connectivity index (χ0v) is 18.9. The fourth-order valence-corrected chi connectivity index (χ4v) is 3.79. The lowest BCUT2D eigenvalue weighted by Gasteiger charge is -2.08. The van der Waals surface area contributed by atoms with Crippen LogP contribution >= 0.6 is 35.4 Å². The van der Waals surface area contributed by atoms with Crippen molar-refractivity contribution < 1.29 is 4.79 Å². The Kier molecular flexibility index (Phi) is 6.23. The van der Waals surface area contributed by atoms with E-state index in [-0.39, 0.29) is 12.5 Å². The zero-order chi connectivity index (χ0) is 22.0. The number of nitrogens with zero attached hydrogens (tertiary/aromatic N) is 3. The second-order valence-electron chi connectivity index (χ2n) is 6.98. The van der Waals surface area contributed by atoms with Crippen molar-refractivity contribution in [1.29, 1.82) is 0 Å². The van der Waals surface area contributed by atoms with Gasteiger partial charge >= 0.3 is 0 Å². The molecule has 31 heavy (non-hydrogen) atoms. The van der Waals surface area contributed by atoms with E-state index in [1.165, 1.54) is 4.68 Å². The first-order valence-corrected chi connectivity index (χ1v) is 10.7. The first kappa shape index (κ1) is 21.3. The molecule has 0 saturated carbocycles. The lowest BCUT2D eigenvalue weighted by Crippen LogP contribution is -2.19. The molecule has 0 unspecified atom stereocenters. The molecule has 0 bridgehead atoms. The average molecular weight is 469 g/mol. The van der Waals surface area contributed by atoms with Crippen LogP contribution in [-0.2, 0) is 11.3 Å². The summed E-state index contributed by atoms with van der Waals surface area (Å²) in [7, 11) is 0. The summed E-state index contributed by atoms with van der Waals surface area (Å²) < 4.78 is 3.82. The fraction of sp³-hybridized carbons (Fsp3) is 0.0870. The first-order chi connectivity index (χ1) is 14.9. The number of rotatable bonds is 5. The van der Waals surface area contributed by atoms with Crippen molar-refractivity contribution in [3.63, 3.8) is 0 Å². The number of benzene rings is 3. The van der Waals surface area contributed by atoms with Crippen LogP contribution in [0.4, 0.5) is 5.69 Å². The van der Waals surface area contributed by atoms with Gasteiger partial charge in [-0.05, 0) is 55.0 Å². The summed E-state index contributed by atoms with van der Waals surface area (Å²) >= 11 is 17.7. The van der Waals surface area contributed by atoms with E-state index in [1.54, 1.807) is 18.2 Å². The Bertz CT molecular complexity index is 1310. The van der Waals surface area contributed by atoms with E-state index < -0.39 is 0 Å². The maximum absolute atomic E-state index is 12.7. The van der Waals surface area contributed by atoms with Crippen molar-refractivity contribution in [3.8, 4) is 17.1 Å². The van der Waals surface area contributed by atoms with Crippen LogP contribution in [0.15, 0.2) is 72.8 Å². The van der Waals surface area contributed by atoms with Gasteiger partial charge in [0, 0.05) is 11.3 Å². The number of carbonyl (C=O) groups excluding carboxylic acids is 1. The monoisotopic (exact) mass is 468 g/mol. The number of anilines is 1. The molecule has 0 aliphatic heterocycles. The van der Waals surface area contributed by atoms with Crippen LogP contribution in [0.5, 0.6) is 0 Å². The van der Waals surface area contributed by atoms with E-state index >= 15 is 0 Å². The summed E-state index contributed by atoms with van der Waals surface area (Å²) in [5, 5.41) is 8.26. The molecule has 156 valence electrons. The summed E-state index contributed by atoms with van der Waals surface area (Å²) in [6.07, 6.45) is 0. The van der Waals surface area contributed by atoms with Crippen molar-refractivity contribution in [1.82, 2.24) is 14.3 Å². The third-order valence-electron chi connectivity index (χ3n) is 4.63. The fourth-order valence-electron chi connectivity index (χ4n) is 3.20. The molecule has 0 saturated heterocycles. The van der Waals surface area contributed by atoms with Gasteiger partial charge in [-0.1, -0.05) is 65.7 Å². The van der Waals surface area contributed by atoms with Gasteiger partial charge in [0.15, 0.2) is 5.82 Å². The van der Waals surface area contributed by atoms with Crippen LogP contribution in [0.1, 0.15) is 5.56 Å². The number of halogens is 2. The summed E-state index contributed by atoms with van der Waals surface area (Å²) in [6, 6.07) is 22.6. The van der Waals surface area contributed by atoms with Crippen LogP contribution in [0.25, 0.3) is 17.1 Å². The van der Waals surface area contributed by atoms with E-state index in [1.807, 2.05) is 66.1 Å². The highest BCUT2D eigenvalue weighted by molar-refractivity contribution is 7.71. The molecule has 0 spiro atoms. The third kappa shape index (κ3) is 4.71. The molecule has 4 aromatic rings. The molecule has 0 atom stereocenters. The summed E-state index contributed by atoms with van der Waals surface area (Å²) in [5.41, 5.74) is 3.44. The molecule has 1 N–H and O–H groups in total. The Labute approximate surface area is 194 Å². The van der Waals surface area contributed by atoms with Gasteiger partial charge in [-0.15, -0.1) is 0 Å². The highest BCUT2D eigenvalue weighted by atomic mass is 35.5. The number of carbonyl (C=O) groups is 1. The summed E-state index contributed by atoms with van der Waals surface area (Å²) in [5.74, 6) is 0.390. The largest absolute Gasteiger partial charge is 0.324 e. The van der Waals surface area contributed by atoms with E-state index in [9.17, 15) is 4.79 Å². The van der Waals surface area contributed by atoms with Gasteiger partial charge in [-0.2, -0.15) is 5.10 Å². The quantitative estimate of drug-likeness (QED) is 0.348. The van der Waals surface area contributed by atoms with Crippen LogP contribution < -0.4 is 5.32 Å². The van der Waals surface area contributed by atoms with Crippen molar-refractivity contribution in [2.24, 2.45) is 0 Å². The predicted octanol–water partition coefficient (Wildman–Crippen LogP) is 6.32. The van der Waals surface area contributed by atoms with Gasteiger partial charge in [-0.25, -0.2) is 4.68 Å². The molecule has 8 heteroatoms. The second-order valence-corrected chi connectivity index (χ2v) is 8.16. The number of amides is 1. The minimum atomic E-state index is -0.275. The van der Waals surface area contributed by atoms with E-state index in [2.05, 4.69) is 10.4 Å². The second kappa shape index (κ2) is 9.06. The Balaban J connectivity index is 1.71. The highest BCUT2D eigenvalue weighted by Crippen LogP contribution is 2.26. The van der Waals surface area contributed by atoms with Gasteiger partial charge in [-0.3, -0.25) is 9.36 Å². The zero-order valence-electron chi connectivity index (χ0n) is 16.5. The molecule has 1 amide bonds. The number of aromatic nitrogens is 3. The molecule has 0 aliphatic carbocycles. The molecule has 1 aromatic heterocycles. The van der Waals surface area contributed by atoms with Crippen molar-refractivity contribution in [2.75, 3.05) is 5.32 Å². The molecular weight excluding hydrogens is 451 g/mol. The smallest absolute Gasteiger partial charge is 0.246 e. The van der Waals surface area contributed by atoms with Crippen molar-refractivity contribution >= 4 is 47.0 Å². The lowest BCUT2D eigenvalue weighted by atomic mass is 10.2. The Morgan fingerprint density at radius 2 is 1.77 bits per heavy atom. The number of nitrogens with one attached hydrogen (secondary N) is 1. The Morgan fingerprint density at radius 3 is 2.48 bits per heavy atom. The SMILES string of the molecule is Cc1cccc(-n2c(-c3ccccc3)nn(CC(=O)Nc3ccc(Cl)c(Cl)c3)c2=S)c1. The van der Waals surface area contributed by atoms with Gasteiger partial charge in [0.1, 0.15) is 6.54 Å². The van der Waals surface area contributed by atoms with E-state index in [0.29, 0.717) is 26.3 Å². The standard InChI is InChI=1S/C23H18Cl2N4OS/c1-15-6-5-9-18(12-15)29-22(16-7-3-2-4-8-16)27-28(23(29)31)14-21(30)26-17-10-11-19(24)20(25)13-17/h2-13H,14H2,1H3,(H,26,30). The molecule has 0 aliphatic rings. The number of hydrogen-bond acceptors (Lipinski definition) is 3. The van der Waals surface area contributed by atoms with Crippen molar-refractivity contribution in [3.05, 3.63) is 93.2 Å². The third-order valence-corrected chi connectivity index (χ3v) is 5.76. The van der Waals surface area contributed by atoms with Gasteiger partial charge in [0.05, 0.1) is 15.7 Å². The van der Waals surface area contributed by atoms with Crippen LogP contribution in [0.3, 0.4) is 0 Å². The Hall–Kier alpha value is -2.93. The molecular formula is C23H18Cl2N4OS.